The van der Waals surface area contributed by atoms with E-state index in [0.29, 0.717) is 35.3 Å². The van der Waals surface area contributed by atoms with Crippen LogP contribution in [0.15, 0.2) is 35.5 Å². The molecule has 0 radical (unpaired) electrons. The van der Waals surface area contributed by atoms with E-state index in [1.165, 1.54) is 12.6 Å². The zero-order chi connectivity index (χ0) is 23.8. The van der Waals surface area contributed by atoms with Gasteiger partial charge in [0.15, 0.2) is 0 Å². The number of hydrogen-bond acceptors (Lipinski definition) is 6. The number of hydrogen-bond donors (Lipinski definition) is 3. The van der Waals surface area contributed by atoms with Gasteiger partial charge in [0.2, 0.25) is 5.91 Å². The Kier molecular flexibility index (Phi) is 6.77. The summed E-state index contributed by atoms with van der Waals surface area (Å²) < 4.78 is 1.07. The highest BCUT2D eigenvalue weighted by molar-refractivity contribution is 6.32. The van der Waals surface area contributed by atoms with Crippen molar-refractivity contribution < 1.29 is 9.90 Å². The molecular formula is C24H32ClN5O3. The summed E-state index contributed by atoms with van der Waals surface area (Å²) >= 11 is 6.40. The van der Waals surface area contributed by atoms with E-state index < -0.39 is 5.56 Å². The molecular weight excluding hydrogens is 442 g/mol. The van der Waals surface area contributed by atoms with Crippen molar-refractivity contribution in [1.82, 2.24) is 20.1 Å². The van der Waals surface area contributed by atoms with Crippen molar-refractivity contribution in [2.24, 2.45) is 23.2 Å². The Morgan fingerprint density at radius 3 is 2.70 bits per heavy atom. The van der Waals surface area contributed by atoms with Crippen LogP contribution in [0.25, 0.3) is 0 Å². The number of nitrogens with zero attached hydrogens (tertiary/aromatic N) is 3. The predicted molar refractivity (Wildman–Crippen MR) is 127 cm³/mol. The average Bonchev–Trinajstić information content (AvgIpc) is 2.79. The van der Waals surface area contributed by atoms with Crippen LogP contribution in [0.1, 0.15) is 51.6 Å². The molecule has 3 fully saturated rings. The molecule has 0 aliphatic heterocycles. The lowest BCUT2D eigenvalue weighted by Crippen LogP contribution is -2.58. The molecule has 1 amide bonds. The van der Waals surface area contributed by atoms with Gasteiger partial charge in [0.25, 0.3) is 5.56 Å². The van der Waals surface area contributed by atoms with Gasteiger partial charge in [-0.05, 0) is 60.1 Å². The van der Waals surface area contributed by atoms with Crippen molar-refractivity contribution >= 4 is 23.2 Å². The molecule has 3 saturated carbocycles. The molecule has 3 aliphatic rings. The molecule has 0 saturated heterocycles. The summed E-state index contributed by atoms with van der Waals surface area (Å²) in [4.78, 5) is 29.4. The second-order valence-electron chi connectivity index (χ2n) is 9.95. The first kappa shape index (κ1) is 23.7. The summed E-state index contributed by atoms with van der Waals surface area (Å²) in [6.07, 6.45) is 7.45. The Balaban J connectivity index is 1.42. The van der Waals surface area contributed by atoms with Gasteiger partial charge in [-0.3, -0.25) is 14.6 Å². The maximum absolute atomic E-state index is 12.8. The number of aromatic nitrogens is 3. The van der Waals surface area contributed by atoms with Crippen molar-refractivity contribution in [3.63, 3.8) is 0 Å². The van der Waals surface area contributed by atoms with E-state index >= 15 is 0 Å². The number of fused-ring (bicyclic) bond motifs is 2. The number of anilines is 1. The van der Waals surface area contributed by atoms with Crippen LogP contribution in [0, 0.1) is 23.2 Å². The lowest BCUT2D eigenvalue weighted by Gasteiger charge is -2.62. The SMILES string of the molecule is C[C@H]1[C@H](Nc2cnn(CC(=O)NC(CCO)c3ccncc3)c(=O)c2Cl)C[C@H]2C[C@@H]1C2(C)C. The number of halogens is 1. The smallest absolute Gasteiger partial charge is 0.288 e. The normalized spacial score (nSPS) is 26.2. The number of pyridine rings is 1. The summed E-state index contributed by atoms with van der Waals surface area (Å²) in [7, 11) is 0. The number of carbonyl (C=O) groups excluding carboxylic acids is 1. The minimum atomic E-state index is -0.506. The van der Waals surface area contributed by atoms with Gasteiger partial charge in [-0.25, -0.2) is 4.68 Å². The largest absolute Gasteiger partial charge is 0.396 e. The van der Waals surface area contributed by atoms with Crippen molar-refractivity contribution in [1.29, 1.82) is 0 Å². The molecule has 2 aromatic rings. The first-order valence-corrected chi connectivity index (χ1v) is 11.9. The van der Waals surface area contributed by atoms with Crippen LogP contribution >= 0.6 is 11.6 Å². The van der Waals surface area contributed by atoms with E-state index in [0.717, 1.165) is 16.7 Å². The lowest BCUT2D eigenvalue weighted by molar-refractivity contribution is -0.122. The van der Waals surface area contributed by atoms with Crippen molar-refractivity contribution in [2.45, 2.75) is 58.7 Å². The predicted octanol–water partition coefficient (Wildman–Crippen LogP) is 3.01. The Bertz CT molecular complexity index is 1060. The molecule has 3 N–H and O–H groups in total. The second-order valence-corrected chi connectivity index (χ2v) is 10.3. The molecule has 8 nitrogen and oxygen atoms in total. The Morgan fingerprint density at radius 2 is 2.06 bits per heavy atom. The van der Waals surface area contributed by atoms with Crippen molar-refractivity contribution in [3.05, 3.63) is 51.7 Å². The second kappa shape index (κ2) is 9.43. The highest BCUT2D eigenvalue weighted by atomic mass is 35.5. The molecule has 2 bridgehead atoms. The number of nitrogens with one attached hydrogen (secondary N) is 2. The van der Waals surface area contributed by atoms with Gasteiger partial charge in [-0.15, -0.1) is 0 Å². The van der Waals surface area contributed by atoms with Gasteiger partial charge in [-0.2, -0.15) is 5.10 Å². The van der Waals surface area contributed by atoms with E-state index in [4.69, 9.17) is 11.6 Å². The van der Waals surface area contributed by atoms with Crippen molar-refractivity contribution in [2.75, 3.05) is 11.9 Å². The van der Waals surface area contributed by atoms with Crippen LogP contribution in [0.5, 0.6) is 0 Å². The highest BCUT2D eigenvalue weighted by Crippen LogP contribution is 2.61. The summed E-state index contributed by atoms with van der Waals surface area (Å²) in [6, 6.07) is 3.42. The maximum atomic E-state index is 12.8. The molecule has 33 heavy (non-hydrogen) atoms. The maximum Gasteiger partial charge on any atom is 0.288 e. The molecule has 5 rings (SSSR count). The summed E-state index contributed by atoms with van der Waals surface area (Å²) in [5.41, 5.74) is 1.21. The Morgan fingerprint density at radius 1 is 1.33 bits per heavy atom. The number of aliphatic hydroxyl groups is 1. The Hall–Kier alpha value is -2.45. The third-order valence-corrected chi connectivity index (χ3v) is 8.20. The number of amides is 1. The molecule has 1 unspecified atom stereocenters. The zero-order valence-electron chi connectivity index (χ0n) is 19.3. The van der Waals surface area contributed by atoms with Crippen LogP contribution in [0.2, 0.25) is 5.02 Å². The van der Waals surface area contributed by atoms with Gasteiger partial charge in [0.05, 0.1) is 17.9 Å². The molecule has 178 valence electrons. The first-order valence-electron chi connectivity index (χ1n) is 11.5. The topological polar surface area (TPSA) is 109 Å². The lowest BCUT2D eigenvalue weighted by atomic mass is 9.45. The highest BCUT2D eigenvalue weighted by Gasteiger charge is 2.56. The minimum absolute atomic E-state index is 0.0459. The number of rotatable bonds is 8. The van der Waals surface area contributed by atoms with Crippen molar-refractivity contribution in [3.8, 4) is 0 Å². The number of carbonyl (C=O) groups is 1. The van der Waals surface area contributed by atoms with Gasteiger partial charge in [0, 0.05) is 25.0 Å². The summed E-state index contributed by atoms with van der Waals surface area (Å²) in [5.74, 6) is 1.43. The molecule has 0 spiro atoms. The van der Waals surface area contributed by atoms with Crippen LogP contribution in [-0.4, -0.2) is 38.4 Å². The van der Waals surface area contributed by atoms with E-state index in [2.05, 4.69) is 41.5 Å². The van der Waals surface area contributed by atoms with Gasteiger partial charge >= 0.3 is 0 Å². The molecule has 0 aromatic carbocycles. The van der Waals surface area contributed by atoms with Crippen LogP contribution in [0.4, 0.5) is 5.69 Å². The van der Waals surface area contributed by atoms with Crippen LogP contribution in [-0.2, 0) is 11.3 Å². The summed E-state index contributed by atoms with van der Waals surface area (Å²) in [5, 5.41) is 19.9. The van der Waals surface area contributed by atoms with Gasteiger partial charge in [-0.1, -0.05) is 32.4 Å². The average molecular weight is 474 g/mol. The number of aliphatic hydroxyl groups excluding tert-OH is 1. The molecule has 2 heterocycles. The van der Waals surface area contributed by atoms with E-state index in [9.17, 15) is 14.7 Å². The standard InChI is InChI=1S/C24H32ClN5O3/c1-14-17-10-16(24(17,2)3)11-19(14)28-20-12-27-30(23(33)22(20)25)13-21(32)29-18(6-9-31)15-4-7-26-8-5-15/h4-5,7-8,12,14,16-19,28,31H,6,9-11,13H2,1-3H3,(H,29,32)/t14-,16-,17+,18?,19-/m1/s1. The fraction of sp³-hybridized carbons (Fsp3) is 0.583. The Labute approximate surface area is 198 Å². The molecule has 3 aliphatic carbocycles. The molecule has 2 aromatic heterocycles. The monoisotopic (exact) mass is 473 g/mol. The van der Waals surface area contributed by atoms with E-state index in [1.54, 1.807) is 24.5 Å². The quantitative estimate of drug-likeness (QED) is 0.543. The van der Waals surface area contributed by atoms with Gasteiger partial charge in [0.1, 0.15) is 11.6 Å². The molecule has 9 heteroatoms. The molecule has 5 atom stereocenters. The van der Waals surface area contributed by atoms with Crippen LogP contribution < -0.4 is 16.2 Å². The van der Waals surface area contributed by atoms with E-state index in [1.807, 2.05) is 0 Å². The van der Waals surface area contributed by atoms with E-state index in [-0.39, 0.29) is 36.2 Å². The third-order valence-electron chi connectivity index (χ3n) is 7.83. The fourth-order valence-electron chi connectivity index (χ4n) is 5.64. The fourth-order valence-corrected chi connectivity index (χ4v) is 5.84. The third kappa shape index (κ3) is 4.64. The summed E-state index contributed by atoms with van der Waals surface area (Å²) in [6.45, 7) is 6.61. The minimum Gasteiger partial charge on any atom is -0.396 e. The van der Waals surface area contributed by atoms with Crippen LogP contribution in [0.3, 0.4) is 0 Å². The zero-order valence-corrected chi connectivity index (χ0v) is 20.0. The first-order chi connectivity index (χ1) is 15.7. The van der Waals surface area contributed by atoms with Gasteiger partial charge < -0.3 is 15.7 Å².